The van der Waals surface area contributed by atoms with E-state index in [1.54, 1.807) is 6.08 Å². The average molecular weight is 156 g/mol. The molecule has 0 heterocycles. The number of halogens is 1. The van der Waals surface area contributed by atoms with Gasteiger partial charge in [0.1, 0.15) is 5.76 Å². The van der Waals surface area contributed by atoms with Gasteiger partial charge >= 0.3 is 0 Å². The van der Waals surface area contributed by atoms with Crippen LogP contribution in [0.4, 0.5) is 4.39 Å². The largest absolute Gasteiger partial charge is 0.509 e. The van der Waals surface area contributed by atoms with Gasteiger partial charge in [-0.2, -0.15) is 0 Å². The Balaban J connectivity index is 2.84. The van der Waals surface area contributed by atoms with Crippen LogP contribution in [-0.4, -0.2) is 10.8 Å². The molecule has 0 spiro atoms. The standard InChI is InChI=1S/C9H13FO/c1-3-7-4-5-8(11)9(2,10)6-7/h4-5,11H,3,6H2,1-2H3. The van der Waals surface area contributed by atoms with Crippen molar-refractivity contribution in [1.82, 2.24) is 0 Å². The summed E-state index contributed by atoms with van der Waals surface area (Å²) in [6.45, 7) is 3.39. The fourth-order valence-electron chi connectivity index (χ4n) is 1.19. The summed E-state index contributed by atoms with van der Waals surface area (Å²) in [7, 11) is 0. The van der Waals surface area contributed by atoms with Gasteiger partial charge < -0.3 is 5.11 Å². The van der Waals surface area contributed by atoms with E-state index < -0.39 is 5.67 Å². The molecular weight excluding hydrogens is 143 g/mol. The van der Waals surface area contributed by atoms with Gasteiger partial charge in [0.05, 0.1) is 0 Å². The lowest BCUT2D eigenvalue weighted by molar-refractivity contribution is 0.154. The van der Waals surface area contributed by atoms with E-state index in [1.807, 2.05) is 6.92 Å². The summed E-state index contributed by atoms with van der Waals surface area (Å²) in [4.78, 5) is 0. The highest BCUT2D eigenvalue weighted by Gasteiger charge is 2.31. The molecule has 1 N–H and O–H groups in total. The molecule has 1 nitrogen and oxygen atoms in total. The SMILES string of the molecule is CCC1=CC=C(O)C(C)(F)C1. The zero-order valence-corrected chi connectivity index (χ0v) is 6.89. The fraction of sp³-hybridized carbons (Fsp3) is 0.556. The first kappa shape index (κ1) is 8.31. The van der Waals surface area contributed by atoms with Gasteiger partial charge in [0.15, 0.2) is 5.67 Å². The third kappa shape index (κ3) is 1.62. The van der Waals surface area contributed by atoms with Crippen molar-refractivity contribution in [2.24, 2.45) is 0 Å². The second-order valence-corrected chi connectivity index (χ2v) is 3.10. The van der Waals surface area contributed by atoms with E-state index in [1.165, 1.54) is 13.0 Å². The van der Waals surface area contributed by atoms with Crippen LogP contribution in [0.3, 0.4) is 0 Å². The fourth-order valence-corrected chi connectivity index (χ4v) is 1.19. The van der Waals surface area contributed by atoms with Gasteiger partial charge in [-0.1, -0.05) is 18.6 Å². The number of alkyl halides is 1. The summed E-state index contributed by atoms with van der Waals surface area (Å²) >= 11 is 0. The molecular formula is C9H13FO. The zero-order valence-electron chi connectivity index (χ0n) is 6.89. The maximum Gasteiger partial charge on any atom is 0.168 e. The molecule has 0 saturated carbocycles. The van der Waals surface area contributed by atoms with Crippen LogP contribution in [0.15, 0.2) is 23.5 Å². The minimum atomic E-state index is -1.54. The number of aliphatic hydroxyl groups is 1. The lowest BCUT2D eigenvalue weighted by atomic mass is 9.90. The van der Waals surface area contributed by atoms with Gasteiger partial charge in [-0.25, -0.2) is 4.39 Å². The summed E-state index contributed by atoms with van der Waals surface area (Å²) in [5.41, 5.74) is -0.493. The molecule has 62 valence electrons. The van der Waals surface area contributed by atoms with Gasteiger partial charge in [0.2, 0.25) is 0 Å². The molecule has 1 atom stereocenters. The summed E-state index contributed by atoms with van der Waals surface area (Å²) in [5, 5.41) is 9.09. The Hall–Kier alpha value is -0.790. The molecule has 1 unspecified atom stereocenters. The Morgan fingerprint density at radius 3 is 2.73 bits per heavy atom. The number of hydrogen-bond acceptors (Lipinski definition) is 1. The smallest absolute Gasteiger partial charge is 0.168 e. The Morgan fingerprint density at radius 2 is 2.27 bits per heavy atom. The van der Waals surface area contributed by atoms with Crippen molar-refractivity contribution in [3.05, 3.63) is 23.5 Å². The van der Waals surface area contributed by atoms with Crippen LogP contribution in [0.25, 0.3) is 0 Å². The predicted octanol–water partition coefficient (Wildman–Crippen LogP) is 2.90. The van der Waals surface area contributed by atoms with Gasteiger partial charge in [-0.3, -0.25) is 0 Å². The summed E-state index contributed by atoms with van der Waals surface area (Å²) in [6, 6.07) is 0. The topological polar surface area (TPSA) is 20.2 Å². The molecule has 2 heteroatoms. The number of aliphatic hydroxyl groups excluding tert-OH is 1. The lowest BCUT2D eigenvalue weighted by Crippen LogP contribution is -2.23. The summed E-state index contributed by atoms with van der Waals surface area (Å²) < 4.78 is 13.3. The minimum absolute atomic E-state index is 0.158. The highest BCUT2D eigenvalue weighted by atomic mass is 19.1. The molecule has 0 radical (unpaired) electrons. The molecule has 1 aliphatic rings. The monoisotopic (exact) mass is 156 g/mol. The van der Waals surface area contributed by atoms with Crippen molar-refractivity contribution in [3.8, 4) is 0 Å². The van der Waals surface area contributed by atoms with Gasteiger partial charge in [0, 0.05) is 6.42 Å². The van der Waals surface area contributed by atoms with Gasteiger partial charge in [0.25, 0.3) is 0 Å². The first-order valence-corrected chi connectivity index (χ1v) is 3.84. The third-order valence-corrected chi connectivity index (χ3v) is 2.02. The molecule has 0 bridgehead atoms. The quantitative estimate of drug-likeness (QED) is 0.618. The van der Waals surface area contributed by atoms with E-state index in [2.05, 4.69) is 0 Å². The number of allylic oxidation sites excluding steroid dienone is 4. The van der Waals surface area contributed by atoms with Crippen LogP contribution < -0.4 is 0 Å². The molecule has 11 heavy (non-hydrogen) atoms. The van der Waals surface area contributed by atoms with E-state index in [0.717, 1.165) is 12.0 Å². The predicted molar refractivity (Wildman–Crippen MR) is 43.2 cm³/mol. The van der Waals surface area contributed by atoms with E-state index in [0.29, 0.717) is 6.42 Å². The Kier molecular flexibility index (Phi) is 2.03. The van der Waals surface area contributed by atoms with Crippen LogP contribution in [0.5, 0.6) is 0 Å². The maximum atomic E-state index is 13.3. The Bertz CT molecular complexity index is 214. The van der Waals surface area contributed by atoms with Crippen molar-refractivity contribution in [3.63, 3.8) is 0 Å². The van der Waals surface area contributed by atoms with Gasteiger partial charge in [-0.15, -0.1) is 0 Å². The van der Waals surface area contributed by atoms with E-state index in [4.69, 9.17) is 5.11 Å². The summed E-state index contributed by atoms with van der Waals surface area (Å²) in [6.07, 6.45) is 4.41. The van der Waals surface area contributed by atoms with Crippen molar-refractivity contribution >= 4 is 0 Å². The highest BCUT2D eigenvalue weighted by Crippen LogP contribution is 2.32. The highest BCUT2D eigenvalue weighted by molar-refractivity contribution is 5.27. The number of rotatable bonds is 1. The van der Waals surface area contributed by atoms with Crippen LogP contribution in [0.1, 0.15) is 26.7 Å². The normalized spacial score (nSPS) is 31.2. The maximum absolute atomic E-state index is 13.3. The van der Waals surface area contributed by atoms with Crippen molar-refractivity contribution in [2.75, 3.05) is 0 Å². The minimum Gasteiger partial charge on any atom is -0.509 e. The Labute approximate surface area is 66.2 Å². The molecule has 0 amide bonds. The molecule has 0 aliphatic heterocycles. The molecule has 0 aromatic carbocycles. The zero-order chi connectivity index (χ0) is 8.48. The summed E-state index contributed by atoms with van der Waals surface area (Å²) in [5.74, 6) is -0.158. The molecule has 0 aromatic heterocycles. The van der Waals surface area contributed by atoms with E-state index in [-0.39, 0.29) is 5.76 Å². The second kappa shape index (κ2) is 2.68. The molecule has 1 aliphatic carbocycles. The van der Waals surface area contributed by atoms with E-state index >= 15 is 0 Å². The molecule has 0 fully saturated rings. The lowest BCUT2D eigenvalue weighted by Gasteiger charge is -2.23. The van der Waals surface area contributed by atoms with Crippen LogP contribution in [0.2, 0.25) is 0 Å². The first-order chi connectivity index (χ1) is 5.06. The van der Waals surface area contributed by atoms with Crippen molar-refractivity contribution in [1.29, 1.82) is 0 Å². The average Bonchev–Trinajstić information content (AvgIpc) is 1.95. The van der Waals surface area contributed by atoms with Crippen LogP contribution in [-0.2, 0) is 0 Å². The molecule has 1 rings (SSSR count). The molecule has 0 aromatic rings. The van der Waals surface area contributed by atoms with E-state index in [9.17, 15) is 4.39 Å². The second-order valence-electron chi connectivity index (χ2n) is 3.10. The first-order valence-electron chi connectivity index (χ1n) is 3.84. The van der Waals surface area contributed by atoms with Crippen molar-refractivity contribution in [2.45, 2.75) is 32.4 Å². The van der Waals surface area contributed by atoms with Crippen LogP contribution >= 0.6 is 0 Å². The van der Waals surface area contributed by atoms with Crippen LogP contribution in [0, 0.1) is 0 Å². The molecule has 0 saturated heterocycles. The van der Waals surface area contributed by atoms with Crippen molar-refractivity contribution < 1.29 is 9.50 Å². The van der Waals surface area contributed by atoms with Gasteiger partial charge in [-0.05, 0) is 19.4 Å². The number of hydrogen-bond donors (Lipinski definition) is 1. The Morgan fingerprint density at radius 1 is 1.64 bits per heavy atom. The third-order valence-electron chi connectivity index (χ3n) is 2.02.